The maximum Gasteiger partial charge on any atom is 0.335 e. The molecule has 0 bridgehead atoms. The molecule has 1 aliphatic heterocycles. The van der Waals surface area contributed by atoms with E-state index < -0.39 is 11.8 Å². The van der Waals surface area contributed by atoms with Crippen molar-refractivity contribution in [3.8, 4) is 5.75 Å². The van der Waals surface area contributed by atoms with Gasteiger partial charge in [-0.05, 0) is 32.0 Å². The standard InChI is InChI=1S/C13H16O5/c1-13(2)17-8-11(18-13)7-16-10-5-3-4-9(6-10)12(14)15/h3-6,11H,7-8H2,1-2H3,(H,14,15). The monoisotopic (exact) mass is 252 g/mol. The highest BCUT2D eigenvalue weighted by Crippen LogP contribution is 2.23. The van der Waals surface area contributed by atoms with Crippen LogP contribution in [0.1, 0.15) is 24.2 Å². The third kappa shape index (κ3) is 3.21. The third-order valence-corrected chi connectivity index (χ3v) is 2.58. The van der Waals surface area contributed by atoms with E-state index >= 15 is 0 Å². The van der Waals surface area contributed by atoms with Crippen LogP contribution in [0.2, 0.25) is 0 Å². The van der Waals surface area contributed by atoms with E-state index in [0.717, 1.165) is 0 Å². The Morgan fingerprint density at radius 2 is 2.33 bits per heavy atom. The molecule has 1 atom stereocenters. The Balaban J connectivity index is 1.91. The van der Waals surface area contributed by atoms with Crippen LogP contribution in [0, 0.1) is 0 Å². The minimum absolute atomic E-state index is 0.131. The number of aromatic carboxylic acids is 1. The topological polar surface area (TPSA) is 65.0 Å². The van der Waals surface area contributed by atoms with E-state index in [1.165, 1.54) is 12.1 Å². The second-order valence-electron chi connectivity index (χ2n) is 4.59. The fraction of sp³-hybridized carbons (Fsp3) is 0.462. The van der Waals surface area contributed by atoms with E-state index in [1.807, 2.05) is 13.8 Å². The molecule has 1 heterocycles. The van der Waals surface area contributed by atoms with Crippen LogP contribution in [0.5, 0.6) is 5.75 Å². The van der Waals surface area contributed by atoms with E-state index in [4.69, 9.17) is 19.3 Å². The lowest BCUT2D eigenvalue weighted by molar-refractivity contribution is -0.141. The quantitative estimate of drug-likeness (QED) is 0.886. The largest absolute Gasteiger partial charge is 0.491 e. The van der Waals surface area contributed by atoms with E-state index in [9.17, 15) is 4.79 Å². The first-order valence-corrected chi connectivity index (χ1v) is 5.74. The first-order valence-electron chi connectivity index (χ1n) is 5.74. The van der Waals surface area contributed by atoms with Gasteiger partial charge in [0.15, 0.2) is 5.79 Å². The van der Waals surface area contributed by atoms with Gasteiger partial charge in [0.1, 0.15) is 18.5 Å². The Bertz CT molecular complexity index is 441. The highest BCUT2D eigenvalue weighted by atomic mass is 16.7. The van der Waals surface area contributed by atoms with Crippen molar-refractivity contribution in [2.45, 2.75) is 25.7 Å². The van der Waals surface area contributed by atoms with Crippen molar-refractivity contribution in [3.05, 3.63) is 29.8 Å². The van der Waals surface area contributed by atoms with Gasteiger partial charge in [-0.1, -0.05) is 6.07 Å². The van der Waals surface area contributed by atoms with Crippen molar-refractivity contribution in [1.29, 1.82) is 0 Å². The Morgan fingerprint density at radius 1 is 1.56 bits per heavy atom. The fourth-order valence-corrected chi connectivity index (χ4v) is 1.75. The van der Waals surface area contributed by atoms with Gasteiger partial charge in [-0.25, -0.2) is 4.79 Å². The molecule has 1 aliphatic rings. The lowest BCUT2D eigenvalue weighted by Gasteiger charge is -2.17. The molecule has 0 spiro atoms. The molecule has 2 rings (SSSR count). The highest BCUT2D eigenvalue weighted by Gasteiger charge is 2.32. The SMILES string of the molecule is CC1(C)OCC(COc2cccc(C(=O)O)c2)O1. The summed E-state index contributed by atoms with van der Waals surface area (Å²) in [6, 6.07) is 6.37. The summed E-state index contributed by atoms with van der Waals surface area (Å²) in [6.07, 6.45) is -0.131. The average Bonchev–Trinajstić information content (AvgIpc) is 2.67. The average molecular weight is 252 g/mol. The number of carboxylic acid groups (broad SMARTS) is 1. The highest BCUT2D eigenvalue weighted by molar-refractivity contribution is 5.87. The summed E-state index contributed by atoms with van der Waals surface area (Å²) in [5, 5.41) is 8.86. The number of benzene rings is 1. The third-order valence-electron chi connectivity index (χ3n) is 2.58. The predicted molar refractivity (Wildman–Crippen MR) is 63.8 cm³/mol. The molecule has 5 nitrogen and oxygen atoms in total. The van der Waals surface area contributed by atoms with E-state index in [2.05, 4.69) is 0 Å². The maximum absolute atomic E-state index is 10.8. The van der Waals surface area contributed by atoms with Gasteiger partial charge in [0.25, 0.3) is 0 Å². The van der Waals surface area contributed by atoms with Gasteiger partial charge in [0.2, 0.25) is 0 Å². The first-order chi connectivity index (χ1) is 8.46. The van der Waals surface area contributed by atoms with Crippen molar-refractivity contribution in [1.82, 2.24) is 0 Å². The summed E-state index contributed by atoms with van der Waals surface area (Å²) in [5.74, 6) is -1.03. The van der Waals surface area contributed by atoms with Crippen molar-refractivity contribution < 1.29 is 24.1 Å². The van der Waals surface area contributed by atoms with E-state index in [0.29, 0.717) is 19.0 Å². The Hall–Kier alpha value is -1.59. The molecule has 0 amide bonds. The zero-order valence-electron chi connectivity index (χ0n) is 10.4. The van der Waals surface area contributed by atoms with E-state index in [-0.39, 0.29) is 11.7 Å². The van der Waals surface area contributed by atoms with Gasteiger partial charge in [-0.3, -0.25) is 0 Å². The normalized spacial score (nSPS) is 21.8. The van der Waals surface area contributed by atoms with Gasteiger partial charge in [-0.15, -0.1) is 0 Å². The van der Waals surface area contributed by atoms with Crippen molar-refractivity contribution >= 4 is 5.97 Å². The maximum atomic E-state index is 10.8. The van der Waals surface area contributed by atoms with Crippen LogP contribution >= 0.6 is 0 Å². The van der Waals surface area contributed by atoms with E-state index in [1.54, 1.807) is 12.1 Å². The van der Waals surface area contributed by atoms with Crippen LogP contribution in [0.4, 0.5) is 0 Å². The molecule has 98 valence electrons. The molecule has 0 saturated carbocycles. The Kier molecular flexibility index (Phi) is 3.54. The zero-order chi connectivity index (χ0) is 13.2. The van der Waals surface area contributed by atoms with Crippen LogP contribution in [0.15, 0.2) is 24.3 Å². The van der Waals surface area contributed by atoms with Crippen molar-refractivity contribution in [2.24, 2.45) is 0 Å². The molecule has 5 heteroatoms. The number of rotatable bonds is 4. The second kappa shape index (κ2) is 4.96. The summed E-state index contributed by atoms with van der Waals surface area (Å²) in [5.41, 5.74) is 0.205. The van der Waals surface area contributed by atoms with Crippen molar-refractivity contribution in [2.75, 3.05) is 13.2 Å². The second-order valence-corrected chi connectivity index (χ2v) is 4.59. The van der Waals surface area contributed by atoms with Gasteiger partial charge in [-0.2, -0.15) is 0 Å². The van der Waals surface area contributed by atoms with Crippen LogP contribution in [0.3, 0.4) is 0 Å². The van der Waals surface area contributed by atoms with Gasteiger partial charge >= 0.3 is 5.97 Å². The molecule has 0 aliphatic carbocycles. The molecule has 1 fully saturated rings. The molecular formula is C13H16O5. The Labute approximate surface area is 105 Å². The summed E-state index contributed by atoms with van der Waals surface area (Å²) >= 11 is 0. The van der Waals surface area contributed by atoms with Crippen LogP contribution < -0.4 is 4.74 Å². The Morgan fingerprint density at radius 3 is 2.94 bits per heavy atom. The predicted octanol–water partition coefficient (Wildman–Crippen LogP) is 1.92. The lowest BCUT2D eigenvalue weighted by Crippen LogP contribution is -2.25. The molecule has 1 aromatic rings. The van der Waals surface area contributed by atoms with Crippen LogP contribution in [0.25, 0.3) is 0 Å². The molecule has 18 heavy (non-hydrogen) atoms. The minimum Gasteiger partial charge on any atom is -0.491 e. The first kappa shape index (κ1) is 12.9. The minimum atomic E-state index is -0.970. The molecule has 1 aromatic carbocycles. The molecular weight excluding hydrogens is 236 g/mol. The fourth-order valence-electron chi connectivity index (χ4n) is 1.75. The molecule has 0 aromatic heterocycles. The summed E-state index contributed by atoms with van der Waals surface area (Å²) in [7, 11) is 0. The molecule has 1 N–H and O–H groups in total. The summed E-state index contributed by atoms with van der Waals surface area (Å²) < 4.78 is 16.5. The molecule has 0 radical (unpaired) electrons. The number of hydrogen-bond acceptors (Lipinski definition) is 4. The zero-order valence-corrected chi connectivity index (χ0v) is 10.4. The summed E-state index contributed by atoms with van der Waals surface area (Å²) in [4.78, 5) is 10.8. The van der Waals surface area contributed by atoms with Crippen molar-refractivity contribution in [3.63, 3.8) is 0 Å². The van der Waals surface area contributed by atoms with Crippen LogP contribution in [-0.2, 0) is 9.47 Å². The lowest BCUT2D eigenvalue weighted by atomic mass is 10.2. The van der Waals surface area contributed by atoms with Crippen LogP contribution in [-0.4, -0.2) is 36.2 Å². The van der Waals surface area contributed by atoms with Gasteiger partial charge in [0, 0.05) is 0 Å². The van der Waals surface area contributed by atoms with Gasteiger partial charge < -0.3 is 19.3 Å². The summed E-state index contributed by atoms with van der Waals surface area (Å²) in [6.45, 7) is 4.51. The number of ether oxygens (including phenoxy) is 3. The number of hydrogen-bond donors (Lipinski definition) is 1. The number of carbonyl (C=O) groups is 1. The molecule has 1 saturated heterocycles. The smallest absolute Gasteiger partial charge is 0.335 e. The number of carboxylic acids is 1. The molecule has 1 unspecified atom stereocenters. The van der Waals surface area contributed by atoms with Gasteiger partial charge in [0.05, 0.1) is 12.2 Å².